The number of benzene rings is 1. The highest BCUT2D eigenvalue weighted by molar-refractivity contribution is 9.10. The van der Waals surface area contributed by atoms with Gasteiger partial charge >= 0.3 is 12.4 Å². The van der Waals surface area contributed by atoms with Crippen LogP contribution < -0.4 is 5.56 Å². The third kappa shape index (κ3) is 4.19. The number of aromatic nitrogens is 1. The molecule has 0 bridgehead atoms. The van der Waals surface area contributed by atoms with E-state index in [2.05, 4.69) is 15.9 Å². The Morgan fingerprint density at radius 3 is 2.07 bits per heavy atom. The van der Waals surface area contributed by atoms with Gasteiger partial charge in [-0.05, 0) is 58.7 Å². The topological polar surface area (TPSA) is 42.3 Å². The van der Waals surface area contributed by atoms with Gasteiger partial charge in [0.15, 0.2) is 0 Å². The van der Waals surface area contributed by atoms with Gasteiger partial charge in [0.05, 0.1) is 15.6 Å². The third-order valence-corrected chi connectivity index (χ3v) is 5.19. The summed E-state index contributed by atoms with van der Waals surface area (Å²) in [5.74, 6) is -0.653. The van der Waals surface area contributed by atoms with Crippen LogP contribution in [0.25, 0.3) is 0 Å². The maximum absolute atomic E-state index is 13.1. The van der Waals surface area contributed by atoms with Gasteiger partial charge in [-0.3, -0.25) is 9.59 Å². The molecule has 1 aliphatic heterocycles. The number of alkyl halides is 6. The molecule has 1 aliphatic rings. The van der Waals surface area contributed by atoms with E-state index in [1.165, 1.54) is 16.7 Å². The summed E-state index contributed by atoms with van der Waals surface area (Å²) in [6.07, 6.45) is -9.94. The molecule has 2 heterocycles. The molecule has 0 saturated heterocycles. The molecule has 4 nitrogen and oxygen atoms in total. The van der Waals surface area contributed by atoms with E-state index < -0.39 is 47.5 Å². The summed E-state index contributed by atoms with van der Waals surface area (Å²) in [5, 5.41) is 0. The molecule has 1 atom stereocenters. The Kier molecular flexibility index (Phi) is 5.31. The first-order valence-corrected chi connectivity index (χ1v) is 9.07. The van der Waals surface area contributed by atoms with Crippen LogP contribution in [0.2, 0.25) is 0 Å². The van der Waals surface area contributed by atoms with Crippen LogP contribution in [-0.4, -0.2) is 21.4 Å². The molecule has 29 heavy (non-hydrogen) atoms. The molecule has 1 amide bonds. The SMILES string of the molecule is CC1Cn2c(ccc(Br)c2=O)C(=O)N1Cc1cc(C(F)(F)F)cc(C(F)(F)F)c1. The molecule has 0 fully saturated rings. The van der Waals surface area contributed by atoms with Gasteiger partial charge < -0.3 is 9.47 Å². The van der Waals surface area contributed by atoms with E-state index in [9.17, 15) is 35.9 Å². The van der Waals surface area contributed by atoms with E-state index in [0.29, 0.717) is 12.1 Å². The van der Waals surface area contributed by atoms with Crippen molar-refractivity contribution in [3.8, 4) is 0 Å². The lowest BCUT2D eigenvalue weighted by molar-refractivity contribution is -0.143. The summed E-state index contributed by atoms with van der Waals surface area (Å²) in [7, 11) is 0. The van der Waals surface area contributed by atoms with Gasteiger partial charge in [-0.1, -0.05) is 0 Å². The van der Waals surface area contributed by atoms with Crippen LogP contribution in [0.1, 0.15) is 34.1 Å². The first kappa shape index (κ1) is 21.4. The maximum atomic E-state index is 13.1. The molecule has 156 valence electrons. The quantitative estimate of drug-likeness (QED) is 0.582. The Morgan fingerprint density at radius 1 is 1.00 bits per heavy atom. The molecule has 0 N–H and O–H groups in total. The Morgan fingerprint density at radius 2 is 1.55 bits per heavy atom. The number of fused-ring (bicyclic) bond motifs is 1. The average molecular weight is 483 g/mol. The van der Waals surface area contributed by atoms with Crippen molar-refractivity contribution in [2.24, 2.45) is 0 Å². The standard InChI is InChI=1S/C18H13BrF6N2O2/c1-9-7-27-14(3-2-13(19)15(27)28)16(29)26(9)8-10-4-11(17(20,21)22)6-12(5-10)18(23,24)25/h2-6,9H,7-8H2,1H3. The Hall–Kier alpha value is -2.30. The van der Waals surface area contributed by atoms with Crippen molar-refractivity contribution in [1.29, 1.82) is 0 Å². The lowest BCUT2D eigenvalue weighted by atomic mass is 10.0. The fourth-order valence-corrected chi connectivity index (χ4v) is 3.51. The minimum absolute atomic E-state index is 0.0133. The van der Waals surface area contributed by atoms with Crippen molar-refractivity contribution in [2.45, 2.75) is 38.4 Å². The molecule has 0 radical (unpaired) electrons. The van der Waals surface area contributed by atoms with Gasteiger partial charge in [0.25, 0.3) is 11.5 Å². The van der Waals surface area contributed by atoms with Crippen molar-refractivity contribution in [1.82, 2.24) is 9.47 Å². The summed E-state index contributed by atoms with van der Waals surface area (Å²) in [5.41, 5.74) is -3.62. The second kappa shape index (κ2) is 7.19. The largest absolute Gasteiger partial charge is 0.416 e. The molecular formula is C18H13BrF6N2O2. The highest BCUT2D eigenvalue weighted by Gasteiger charge is 2.38. The predicted octanol–water partition coefficient (Wildman–Crippen LogP) is 4.69. The molecule has 1 unspecified atom stereocenters. The highest BCUT2D eigenvalue weighted by Crippen LogP contribution is 2.37. The Balaban J connectivity index is 2.02. The molecule has 2 aromatic rings. The molecule has 0 aliphatic carbocycles. The number of halogens is 7. The first-order valence-electron chi connectivity index (χ1n) is 8.27. The van der Waals surface area contributed by atoms with Gasteiger partial charge in [-0.2, -0.15) is 26.3 Å². The van der Waals surface area contributed by atoms with Crippen LogP contribution in [0.15, 0.2) is 39.6 Å². The van der Waals surface area contributed by atoms with Crippen molar-refractivity contribution < 1.29 is 31.1 Å². The van der Waals surface area contributed by atoms with Crippen molar-refractivity contribution in [2.75, 3.05) is 0 Å². The molecule has 0 saturated carbocycles. The zero-order chi connectivity index (χ0) is 21.7. The number of hydrogen-bond donors (Lipinski definition) is 0. The van der Waals surface area contributed by atoms with E-state index in [-0.39, 0.29) is 28.3 Å². The fourth-order valence-electron chi connectivity index (χ4n) is 3.16. The number of rotatable bonds is 2. The predicted molar refractivity (Wildman–Crippen MR) is 94.2 cm³/mol. The van der Waals surface area contributed by atoms with E-state index in [1.54, 1.807) is 6.92 Å². The van der Waals surface area contributed by atoms with Crippen LogP contribution in [0.3, 0.4) is 0 Å². The zero-order valence-electron chi connectivity index (χ0n) is 14.7. The summed E-state index contributed by atoms with van der Waals surface area (Å²) >= 11 is 3.06. The van der Waals surface area contributed by atoms with Gasteiger partial charge in [-0.15, -0.1) is 0 Å². The van der Waals surface area contributed by atoms with E-state index in [1.807, 2.05) is 0 Å². The number of carbonyl (C=O) groups excluding carboxylic acids is 1. The minimum Gasteiger partial charge on any atom is -0.329 e. The summed E-state index contributed by atoms with van der Waals surface area (Å²) in [6.45, 7) is 1.16. The third-order valence-electron chi connectivity index (χ3n) is 4.59. The highest BCUT2D eigenvalue weighted by atomic mass is 79.9. The van der Waals surface area contributed by atoms with Crippen molar-refractivity contribution >= 4 is 21.8 Å². The molecule has 11 heteroatoms. The Labute approximate surface area is 168 Å². The maximum Gasteiger partial charge on any atom is 0.416 e. The summed E-state index contributed by atoms with van der Waals surface area (Å²) < 4.78 is 79.8. The average Bonchev–Trinajstić information content (AvgIpc) is 2.60. The first-order chi connectivity index (χ1) is 13.3. The molecule has 3 rings (SSSR count). The van der Waals surface area contributed by atoms with Gasteiger partial charge in [-0.25, -0.2) is 0 Å². The number of amides is 1. The molecular weight excluding hydrogens is 470 g/mol. The molecule has 1 aromatic heterocycles. The lowest BCUT2D eigenvalue weighted by Gasteiger charge is -2.35. The normalized spacial score (nSPS) is 17.4. The fraction of sp³-hybridized carbons (Fsp3) is 0.333. The number of nitrogens with zero attached hydrogens (tertiary/aromatic N) is 2. The second-order valence-corrected chi connectivity index (χ2v) is 7.53. The van der Waals surface area contributed by atoms with E-state index in [0.717, 1.165) is 4.90 Å². The smallest absolute Gasteiger partial charge is 0.329 e. The van der Waals surface area contributed by atoms with Gasteiger partial charge in [0, 0.05) is 19.1 Å². The number of hydrogen-bond acceptors (Lipinski definition) is 2. The van der Waals surface area contributed by atoms with Crippen molar-refractivity contribution in [3.05, 3.63) is 67.5 Å². The van der Waals surface area contributed by atoms with Crippen molar-refractivity contribution in [3.63, 3.8) is 0 Å². The number of carbonyl (C=O) groups is 1. The van der Waals surface area contributed by atoms with Crippen LogP contribution in [0.5, 0.6) is 0 Å². The van der Waals surface area contributed by atoms with Crippen LogP contribution in [0.4, 0.5) is 26.3 Å². The number of pyridine rings is 1. The van der Waals surface area contributed by atoms with Crippen LogP contribution in [0, 0.1) is 0 Å². The second-order valence-electron chi connectivity index (χ2n) is 6.68. The van der Waals surface area contributed by atoms with Crippen LogP contribution >= 0.6 is 15.9 Å². The lowest BCUT2D eigenvalue weighted by Crippen LogP contribution is -2.49. The zero-order valence-corrected chi connectivity index (χ0v) is 16.3. The minimum atomic E-state index is -4.97. The molecule has 0 spiro atoms. The van der Waals surface area contributed by atoms with Crippen LogP contribution in [-0.2, 0) is 25.4 Å². The van der Waals surface area contributed by atoms with Gasteiger partial charge in [0.1, 0.15) is 5.69 Å². The monoisotopic (exact) mass is 482 g/mol. The summed E-state index contributed by atoms with van der Waals surface area (Å²) in [6, 6.07) is 3.35. The van der Waals surface area contributed by atoms with E-state index in [4.69, 9.17) is 0 Å². The summed E-state index contributed by atoms with van der Waals surface area (Å²) in [4.78, 5) is 26.1. The molecule has 1 aromatic carbocycles. The van der Waals surface area contributed by atoms with E-state index >= 15 is 0 Å². The Bertz CT molecular complexity index is 996. The van der Waals surface area contributed by atoms with Gasteiger partial charge in [0.2, 0.25) is 0 Å².